The van der Waals surface area contributed by atoms with Gasteiger partial charge in [0, 0.05) is 38.0 Å². The molecule has 2 aromatic rings. The number of rotatable bonds is 2. The minimum Gasteiger partial charge on any atom is -0.378 e. The van der Waals surface area contributed by atoms with Gasteiger partial charge in [-0.05, 0) is 42.8 Å². The predicted molar refractivity (Wildman–Crippen MR) is 93.2 cm³/mol. The number of carbonyl (C=O) groups is 1. The van der Waals surface area contributed by atoms with Crippen molar-refractivity contribution in [2.75, 3.05) is 30.9 Å². The van der Waals surface area contributed by atoms with Crippen molar-refractivity contribution in [3.8, 4) is 0 Å². The van der Waals surface area contributed by atoms with Gasteiger partial charge in [-0.15, -0.1) is 0 Å². The topological polar surface area (TPSA) is 23.6 Å². The quantitative estimate of drug-likeness (QED) is 0.790. The second kappa shape index (κ2) is 5.34. The monoisotopic (exact) mass is 292 g/mol. The van der Waals surface area contributed by atoms with E-state index >= 15 is 0 Å². The number of aryl methyl sites for hydroxylation is 1. The van der Waals surface area contributed by atoms with Crippen LogP contribution in [0.2, 0.25) is 0 Å². The first-order valence-corrected chi connectivity index (χ1v) is 7.35. The largest absolute Gasteiger partial charge is 0.378 e. The van der Waals surface area contributed by atoms with E-state index in [1.54, 1.807) is 4.90 Å². The van der Waals surface area contributed by atoms with Gasteiger partial charge in [0.25, 0.3) is 5.91 Å². The fourth-order valence-electron chi connectivity index (χ4n) is 2.74. The molecule has 0 saturated carbocycles. The van der Waals surface area contributed by atoms with Crippen molar-refractivity contribution in [1.82, 2.24) is 0 Å². The van der Waals surface area contributed by atoms with Gasteiger partial charge in [0.05, 0.1) is 5.69 Å². The van der Waals surface area contributed by atoms with Crippen LogP contribution >= 0.6 is 0 Å². The lowest BCUT2D eigenvalue weighted by molar-refractivity contribution is -0.112. The first kappa shape index (κ1) is 14.4. The van der Waals surface area contributed by atoms with Gasteiger partial charge < -0.3 is 9.80 Å². The van der Waals surface area contributed by atoms with Gasteiger partial charge in [-0.2, -0.15) is 0 Å². The Balaban J connectivity index is 2.04. The Labute approximate surface area is 131 Å². The fourth-order valence-corrected chi connectivity index (χ4v) is 2.74. The van der Waals surface area contributed by atoms with Crippen LogP contribution in [0.15, 0.2) is 42.5 Å². The summed E-state index contributed by atoms with van der Waals surface area (Å²) in [4.78, 5) is 16.3. The van der Waals surface area contributed by atoms with Gasteiger partial charge in [-0.25, -0.2) is 0 Å². The molecule has 112 valence electrons. The summed E-state index contributed by atoms with van der Waals surface area (Å²) in [6.45, 7) is 2.05. The van der Waals surface area contributed by atoms with E-state index in [2.05, 4.69) is 23.1 Å². The third-order valence-electron chi connectivity index (χ3n) is 4.06. The van der Waals surface area contributed by atoms with Crippen molar-refractivity contribution in [3.63, 3.8) is 0 Å². The molecule has 22 heavy (non-hydrogen) atoms. The molecule has 1 amide bonds. The number of hydrogen-bond donors (Lipinski definition) is 0. The van der Waals surface area contributed by atoms with Crippen LogP contribution in [0, 0.1) is 6.92 Å². The summed E-state index contributed by atoms with van der Waals surface area (Å²) in [6, 6.07) is 14.3. The van der Waals surface area contributed by atoms with Crippen molar-refractivity contribution in [3.05, 3.63) is 59.2 Å². The normalized spacial score (nSPS) is 15.4. The molecule has 0 spiro atoms. The summed E-state index contributed by atoms with van der Waals surface area (Å²) in [7, 11) is 5.86. The Morgan fingerprint density at radius 2 is 1.73 bits per heavy atom. The molecular weight excluding hydrogens is 272 g/mol. The lowest BCUT2D eigenvalue weighted by Crippen LogP contribution is -2.20. The zero-order valence-electron chi connectivity index (χ0n) is 13.4. The Bertz CT molecular complexity index is 758. The molecule has 3 heteroatoms. The molecule has 0 bridgehead atoms. The summed E-state index contributed by atoms with van der Waals surface area (Å²) >= 11 is 0. The number of hydrogen-bond acceptors (Lipinski definition) is 2. The lowest BCUT2D eigenvalue weighted by Gasteiger charge is -2.12. The van der Waals surface area contributed by atoms with Gasteiger partial charge in [0.2, 0.25) is 0 Å². The highest BCUT2D eigenvalue weighted by atomic mass is 16.2. The molecular formula is C19H20N2O. The van der Waals surface area contributed by atoms with Crippen molar-refractivity contribution >= 4 is 28.9 Å². The number of fused-ring (bicyclic) bond motifs is 1. The molecule has 0 aliphatic carbocycles. The van der Waals surface area contributed by atoms with Crippen molar-refractivity contribution in [1.29, 1.82) is 0 Å². The minimum atomic E-state index is 0.0530. The molecule has 1 aliphatic rings. The average Bonchev–Trinajstić information content (AvgIpc) is 2.72. The van der Waals surface area contributed by atoms with E-state index in [1.165, 1.54) is 0 Å². The summed E-state index contributed by atoms with van der Waals surface area (Å²) in [5.41, 5.74) is 6.11. The first-order chi connectivity index (χ1) is 10.5. The third kappa shape index (κ3) is 2.39. The highest BCUT2D eigenvalue weighted by Crippen LogP contribution is 2.37. The predicted octanol–water partition coefficient (Wildman–Crippen LogP) is 3.58. The number of amides is 1. The Hall–Kier alpha value is -2.55. The zero-order valence-corrected chi connectivity index (χ0v) is 13.4. The molecule has 0 atom stereocenters. The molecule has 2 aromatic carbocycles. The molecule has 0 fully saturated rings. The van der Waals surface area contributed by atoms with E-state index in [9.17, 15) is 4.79 Å². The van der Waals surface area contributed by atoms with E-state index in [0.717, 1.165) is 33.6 Å². The smallest absolute Gasteiger partial charge is 0.258 e. The summed E-state index contributed by atoms with van der Waals surface area (Å²) in [5.74, 6) is 0.0530. The van der Waals surface area contributed by atoms with Crippen LogP contribution in [0.4, 0.5) is 11.4 Å². The second-order valence-corrected chi connectivity index (χ2v) is 5.93. The fraction of sp³-hybridized carbons (Fsp3) is 0.211. The summed E-state index contributed by atoms with van der Waals surface area (Å²) in [6.07, 6.45) is 1.98. The van der Waals surface area contributed by atoms with E-state index in [1.807, 2.05) is 58.4 Å². The van der Waals surface area contributed by atoms with Crippen LogP contribution in [0.1, 0.15) is 16.7 Å². The number of benzene rings is 2. The molecule has 1 aliphatic heterocycles. The molecule has 3 rings (SSSR count). The molecule has 3 nitrogen and oxygen atoms in total. The maximum absolute atomic E-state index is 12.5. The molecule has 0 aromatic heterocycles. The lowest BCUT2D eigenvalue weighted by atomic mass is 10.0. The third-order valence-corrected chi connectivity index (χ3v) is 4.06. The van der Waals surface area contributed by atoms with Crippen molar-refractivity contribution in [2.24, 2.45) is 0 Å². The maximum Gasteiger partial charge on any atom is 0.258 e. The minimum absolute atomic E-state index is 0.0530. The Morgan fingerprint density at radius 3 is 2.36 bits per heavy atom. The molecule has 0 saturated heterocycles. The van der Waals surface area contributed by atoms with Crippen molar-refractivity contribution in [2.45, 2.75) is 6.92 Å². The van der Waals surface area contributed by atoms with E-state index in [0.29, 0.717) is 0 Å². The molecule has 1 heterocycles. The van der Waals surface area contributed by atoms with E-state index < -0.39 is 0 Å². The standard InChI is InChI=1S/C19H20N2O/c1-13-5-10-18-16(11-13)17(19(22)21(18)4)12-14-6-8-15(9-7-14)20(2)3/h5-12H,1-4H3/b17-12-. The van der Waals surface area contributed by atoms with Crippen LogP contribution < -0.4 is 9.80 Å². The average molecular weight is 292 g/mol. The highest BCUT2D eigenvalue weighted by molar-refractivity contribution is 6.35. The molecule has 0 N–H and O–H groups in total. The molecule has 0 unspecified atom stereocenters. The highest BCUT2D eigenvalue weighted by Gasteiger charge is 2.29. The van der Waals surface area contributed by atoms with E-state index in [4.69, 9.17) is 0 Å². The summed E-state index contributed by atoms with van der Waals surface area (Å²) < 4.78 is 0. The first-order valence-electron chi connectivity index (χ1n) is 7.35. The van der Waals surface area contributed by atoms with Gasteiger partial charge >= 0.3 is 0 Å². The summed E-state index contributed by atoms with van der Waals surface area (Å²) in [5, 5.41) is 0. The van der Waals surface area contributed by atoms with E-state index in [-0.39, 0.29) is 5.91 Å². The van der Waals surface area contributed by atoms with Gasteiger partial charge in [-0.3, -0.25) is 4.79 Å². The van der Waals surface area contributed by atoms with Crippen LogP contribution in [0.25, 0.3) is 11.6 Å². The van der Waals surface area contributed by atoms with Crippen LogP contribution in [-0.2, 0) is 4.79 Å². The van der Waals surface area contributed by atoms with Crippen LogP contribution in [0.5, 0.6) is 0 Å². The number of anilines is 2. The van der Waals surface area contributed by atoms with Crippen LogP contribution in [-0.4, -0.2) is 27.1 Å². The van der Waals surface area contributed by atoms with Gasteiger partial charge in [-0.1, -0.05) is 23.8 Å². The Morgan fingerprint density at radius 1 is 1.05 bits per heavy atom. The van der Waals surface area contributed by atoms with Crippen LogP contribution in [0.3, 0.4) is 0 Å². The maximum atomic E-state index is 12.5. The second-order valence-electron chi connectivity index (χ2n) is 5.93. The number of likely N-dealkylation sites (N-methyl/N-ethyl adjacent to an activating group) is 1. The number of carbonyl (C=O) groups excluding carboxylic acids is 1. The Kier molecular flexibility index (Phi) is 3.49. The van der Waals surface area contributed by atoms with Gasteiger partial charge in [0.15, 0.2) is 0 Å². The SMILES string of the molecule is Cc1ccc2c(c1)/C(=C/c1ccc(N(C)C)cc1)C(=O)N2C. The molecule has 0 radical (unpaired) electrons. The van der Waals surface area contributed by atoms with Gasteiger partial charge in [0.1, 0.15) is 0 Å². The number of nitrogens with zero attached hydrogens (tertiary/aromatic N) is 2. The zero-order chi connectivity index (χ0) is 15.9. The van der Waals surface area contributed by atoms with Crippen molar-refractivity contribution < 1.29 is 4.79 Å².